The normalized spacial score (nSPS) is 10.5. The van der Waals surface area contributed by atoms with E-state index in [0.717, 1.165) is 5.56 Å². The van der Waals surface area contributed by atoms with Gasteiger partial charge in [-0.25, -0.2) is 20.6 Å². The van der Waals surface area contributed by atoms with Crippen molar-refractivity contribution in [2.24, 2.45) is 12.9 Å². The van der Waals surface area contributed by atoms with E-state index in [4.69, 9.17) is 5.84 Å². The highest BCUT2D eigenvalue weighted by Crippen LogP contribution is 2.18. The van der Waals surface area contributed by atoms with Crippen LogP contribution in [0.25, 0.3) is 11.4 Å². The lowest BCUT2D eigenvalue weighted by Crippen LogP contribution is -2.33. The second kappa shape index (κ2) is 5.74. The number of pyridine rings is 1. The molecule has 0 aliphatic carbocycles. The van der Waals surface area contributed by atoms with E-state index in [1.165, 1.54) is 9.58 Å². The smallest absolute Gasteiger partial charge is 0.279 e. The van der Waals surface area contributed by atoms with Gasteiger partial charge >= 0.3 is 5.69 Å². The zero-order valence-electron chi connectivity index (χ0n) is 11.9. The highest BCUT2D eigenvalue weighted by atomic mass is 16.1. The molecule has 7 heteroatoms. The second-order valence-corrected chi connectivity index (χ2v) is 4.61. The average molecular weight is 294 g/mol. The fourth-order valence-electron chi connectivity index (χ4n) is 2.00. The maximum Gasteiger partial charge on any atom is 0.352 e. The van der Waals surface area contributed by atoms with E-state index in [1.807, 2.05) is 30.3 Å². The van der Waals surface area contributed by atoms with E-state index in [2.05, 4.69) is 15.0 Å². The van der Waals surface area contributed by atoms with Crippen molar-refractivity contribution in [3.05, 3.63) is 65.2 Å². The van der Waals surface area contributed by atoms with Crippen LogP contribution >= 0.6 is 0 Å². The maximum absolute atomic E-state index is 12.1. The van der Waals surface area contributed by atoms with Crippen LogP contribution in [0, 0.1) is 0 Å². The van der Waals surface area contributed by atoms with Crippen LogP contribution in [-0.2, 0) is 7.05 Å². The first kappa shape index (κ1) is 13.9. The monoisotopic (exact) mass is 294 g/mol. The van der Waals surface area contributed by atoms with Crippen molar-refractivity contribution in [3.63, 3.8) is 0 Å². The van der Waals surface area contributed by atoms with Gasteiger partial charge in [0.2, 0.25) is 0 Å². The van der Waals surface area contributed by atoms with Gasteiger partial charge in [0.1, 0.15) is 11.6 Å². The number of nitrogens with two attached hydrogens (primary N) is 1. The molecule has 0 bridgehead atoms. The lowest BCUT2D eigenvalue weighted by molar-refractivity contribution is 0.770. The van der Waals surface area contributed by atoms with Gasteiger partial charge in [-0.3, -0.25) is 4.57 Å². The minimum atomic E-state index is -0.435. The summed E-state index contributed by atoms with van der Waals surface area (Å²) in [5.74, 6) is 7.02. The van der Waals surface area contributed by atoms with Crippen LogP contribution in [0.2, 0.25) is 0 Å². The summed E-state index contributed by atoms with van der Waals surface area (Å²) in [5, 5.41) is 1.19. The van der Waals surface area contributed by atoms with Crippen LogP contribution in [0.4, 0.5) is 11.8 Å². The molecule has 2 aromatic heterocycles. The molecule has 110 valence electrons. The summed E-state index contributed by atoms with van der Waals surface area (Å²) >= 11 is 0. The molecule has 3 aromatic rings. The third-order valence-corrected chi connectivity index (χ3v) is 3.15. The number of aromatic nitrogens is 4. The molecule has 0 spiro atoms. The fraction of sp³-hybridized carbons (Fsp3) is 0.0667. The highest BCUT2D eigenvalue weighted by Gasteiger charge is 2.14. The molecular formula is C15H14N6O. The molecule has 2 N–H and O–H groups in total. The van der Waals surface area contributed by atoms with Gasteiger partial charge in [-0.15, -0.1) is 0 Å². The molecule has 0 radical (unpaired) electrons. The van der Waals surface area contributed by atoms with Crippen LogP contribution < -0.4 is 16.5 Å². The lowest BCUT2D eigenvalue weighted by atomic mass is 10.2. The Morgan fingerprint density at radius 1 is 1.05 bits per heavy atom. The van der Waals surface area contributed by atoms with Gasteiger partial charge in [0.15, 0.2) is 0 Å². The molecule has 7 nitrogen and oxygen atoms in total. The summed E-state index contributed by atoms with van der Waals surface area (Å²) in [7, 11) is 1.62. The molecule has 0 amide bonds. The lowest BCUT2D eigenvalue weighted by Gasteiger charge is -2.16. The number of rotatable bonds is 3. The number of benzene rings is 1. The summed E-state index contributed by atoms with van der Waals surface area (Å²) in [6.07, 6.45) is 1.61. The molecule has 0 atom stereocenters. The van der Waals surface area contributed by atoms with Crippen LogP contribution in [0.5, 0.6) is 0 Å². The number of hydrazine groups is 1. The topological polar surface area (TPSA) is 89.9 Å². The quantitative estimate of drug-likeness (QED) is 0.577. The SMILES string of the molecule is Cn1c(-c2ccccc2)nc(N(N)c2ccccn2)nc1=O. The van der Waals surface area contributed by atoms with Crippen molar-refractivity contribution in [2.75, 3.05) is 5.01 Å². The Morgan fingerprint density at radius 2 is 1.77 bits per heavy atom. The first-order valence-corrected chi connectivity index (χ1v) is 6.63. The van der Waals surface area contributed by atoms with Crippen molar-refractivity contribution in [2.45, 2.75) is 0 Å². The minimum absolute atomic E-state index is 0.0978. The summed E-state index contributed by atoms with van der Waals surface area (Å²) in [6.45, 7) is 0. The Hall–Kier alpha value is -3.06. The fourth-order valence-corrected chi connectivity index (χ4v) is 2.00. The maximum atomic E-state index is 12.1. The van der Waals surface area contributed by atoms with E-state index >= 15 is 0 Å². The van der Waals surface area contributed by atoms with Crippen LogP contribution in [0.3, 0.4) is 0 Å². The molecule has 1 aromatic carbocycles. The van der Waals surface area contributed by atoms with Gasteiger partial charge in [-0.2, -0.15) is 9.97 Å². The van der Waals surface area contributed by atoms with E-state index in [9.17, 15) is 4.79 Å². The van der Waals surface area contributed by atoms with E-state index in [0.29, 0.717) is 11.6 Å². The molecule has 0 aliphatic rings. The Balaban J connectivity index is 2.11. The molecule has 2 heterocycles. The predicted octanol–water partition coefficient (Wildman–Crippen LogP) is 1.25. The number of anilines is 2. The average Bonchev–Trinajstić information content (AvgIpc) is 2.58. The molecule has 0 unspecified atom stereocenters. The Morgan fingerprint density at radius 3 is 2.45 bits per heavy atom. The van der Waals surface area contributed by atoms with Gasteiger partial charge < -0.3 is 0 Å². The zero-order chi connectivity index (χ0) is 15.5. The van der Waals surface area contributed by atoms with Crippen molar-refractivity contribution in [1.29, 1.82) is 0 Å². The van der Waals surface area contributed by atoms with Crippen molar-refractivity contribution in [3.8, 4) is 11.4 Å². The van der Waals surface area contributed by atoms with Crippen LogP contribution in [0.15, 0.2) is 59.5 Å². The largest absolute Gasteiger partial charge is 0.352 e. The van der Waals surface area contributed by atoms with Crippen molar-refractivity contribution in [1.82, 2.24) is 19.5 Å². The highest BCUT2D eigenvalue weighted by molar-refractivity contribution is 5.58. The Kier molecular flexibility index (Phi) is 3.63. The first-order chi connectivity index (χ1) is 10.7. The van der Waals surface area contributed by atoms with Gasteiger partial charge in [0.05, 0.1) is 0 Å². The molecule has 0 aliphatic heterocycles. The predicted molar refractivity (Wildman–Crippen MR) is 83.3 cm³/mol. The summed E-state index contributed by atoms with van der Waals surface area (Å²) in [4.78, 5) is 24.5. The molecule has 22 heavy (non-hydrogen) atoms. The number of hydrogen-bond acceptors (Lipinski definition) is 6. The van der Waals surface area contributed by atoms with E-state index in [1.54, 1.807) is 31.4 Å². The van der Waals surface area contributed by atoms with Gasteiger partial charge in [0.25, 0.3) is 5.95 Å². The van der Waals surface area contributed by atoms with Crippen LogP contribution in [0.1, 0.15) is 0 Å². The minimum Gasteiger partial charge on any atom is -0.279 e. The Bertz CT molecular complexity index is 832. The van der Waals surface area contributed by atoms with Crippen molar-refractivity contribution < 1.29 is 0 Å². The summed E-state index contributed by atoms with van der Waals surface area (Å²) < 4.78 is 1.38. The van der Waals surface area contributed by atoms with Crippen LogP contribution in [-0.4, -0.2) is 19.5 Å². The van der Waals surface area contributed by atoms with E-state index < -0.39 is 5.69 Å². The van der Waals surface area contributed by atoms with E-state index in [-0.39, 0.29) is 5.95 Å². The molecule has 3 rings (SSSR count). The van der Waals surface area contributed by atoms with Gasteiger partial charge in [-0.05, 0) is 12.1 Å². The number of hydrogen-bond donors (Lipinski definition) is 1. The first-order valence-electron chi connectivity index (χ1n) is 6.63. The summed E-state index contributed by atoms with van der Waals surface area (Å²) in [6, 6.07) is 14.7. The van der Waals surface area contributed by atoms with Gasteiger partial charge in [-0.1, -0.05) is 36.4 Å². The number of nitrogens with zero attached hydrogens (tertiary/aromatic N) is 5. The zero-order valence-corrected chi connectivity index (χ0v) is 11.9. The second-order valence-electron chi connectivity index (χ2n) is 4.61. The Labute approximate surface area is 126 Å². The molecular weight excluding hydrogens is 280 g/mol. The third-order valence-electron chi connectivity index (χ3n) is 3.15. The van der Waals surface area contributed by atoms with Crippen molar-refractivity contribution >= 4 is 11.8 Å². The molecule has 0 fully saturated rings. The van der Waals surface area contributed by atoms with Gasteiger partial charge in [0, 0.05) is 18.8 Å². The third kappa shape index (κ3) is 2.57. The summed E-state index contributed by atoms with van der Waals surface area (Å²) in [5.41, 5.74) is 0.371. The standard InChI is InChI=1S/C15H14N6O/c1-20-13(11-7-3-2-4-8-11)18-14(19-15(20)22)21(16)12-9-5-6-10-17-12/h2-10H,16H2,1H3. The molecule has 0 saturated heterocycles. The molecule has 0 saturated carbocycles.